The number of hydrogen-bond donors (Lipinski definition) is 1. The van der Waals surface area contributed by atoms with Gasteiger partial charge in [0.2, 0.25) is 0 Å². The summed E-state index contributed by atoms with van der Waals surface area (Å²) in [6, 6.07) is 5.58. The summed E-state index contributed by atoms with van der Waals surface area (Å²) in [7, 11) is 0. The molecule has 0 heterocycles. The first-order valence-corrected chi connectivity index (χ1v) is 6.18. The van der Waals surface area contributed by atoms with E-state index in [1.165, 1.54) is 0 Å². The van der Waals surface area contributed by atoms with Crippen molar-refractivity contribution in [3.05, 3.63) is 33.3 Å². The molecule has 84 valence electrons. The molecule has 0 aromatic heterocycles. The van der Waals surface area contributed by atoms with E-state index in [1.807, 2.05) is 25.1 Å². The maximum atomic E-state index is 10.3. The fourth-order valence-corrected chi connectivity index (χ4v) is 2.71. The highest BCUT2D eigenvalue weighted by molar-refractivity contribution is 9.10. The van der Waals surface area contributed by atoms with Crippen molar-refractivity contribution < 1.29 is 5.11 Å². The summed E-state index contributed by atoms with van der Waals surface area (Å²) in [5.41, 5.74) is -0.0626. The molecule has 0 aliphatic heterocycles. The van der Waals surface area contributed by atoms with Gasteiger partial charge in [-0.3, -0.25) is 0 Å². The van der Waals surface area contributed by atoms with Gasteiger partial charge in [-0.1, -0.05) is 47.4 Å². The SMILES string of the molecule is CC(C)CC(C)(O)c1ccc(Br)cc1Cl. The molecule has 0 radical (unpaired) electrons. The molecule has 0 amide bonds. The van der Waals surface area contributed by atoms with Crippen LogP contribution in [0.15, 0.2) is 22.7 Å². The minimum atomic E-state index is -0.855. The van der Waals surface area contributed by atoms with Gasteiger partial charge in [-0.25, -0.2) is 0 Å². The largest absolute Gasteiger partial charge is 0.385 e. The Morgan fingerprint density at radius 2 is 2.07 bits per heavy atom. The fourth-order valence-electron chi connectivity index (χ4n) is 1.83. The second kappa shape index (κ2) is 4.86. The maximum absolute atomic E-state index is 10.3. The van der Waals surface area contributed by atoms with Gasteiger partial charge in [-0.2, -0.15) is 0 Å². The highest BCUT2D eigenvalue weighted by atomic mass is 79.9. The third kappa shape index (κ3) is 3.47. The molecule has 1 unspecified atom stereocenters. The molecule has 0 bridgehead atoms. The minimum absolute atomic E-state index is 0.430. The van der Waals surface area contributed by atoms with Gasteiger partial charge >= 0.3 is 0 Å². The van der Waals surface area contributed by atoms with Gasteiger partial charge in [0, 0.05) is 15.1 Å². The first-order valence-electron chi connectivity index (χ1n) is 5.01. The Labute approximate surface area is 105 Å². The smallest absolute Gasteiger partial charge is 0.0885 e. The van der Waals surface area contributed by atoms with Crippen LogP contribution in [0.25, 0.3) is 0 Å². The first-order chi connectivity index (χ1) is 6.83. The Balaban J connectivity index is 3.04. The zero-order valence-electron chi connectivity index (χ0n) is 9.22. The van der Waals surface area contributed by atoms with E-state index >= 15 is 0 Å². The molecule has 0 saturated heterocycles. The zero-order valence-corrected chi connectivity index (χ0v) is 11.6. The monoisotopic (exact) mass is 290 g/mol. The summed E-state index contributed by atoms with van der Waals surface area (Å²) < 4.78 is 0.927. The van der Waals surface area contributed by atoms with Gasteiger partial charge < -0.3 is 5.11 Å². The van der Waals surface area contributed by atoms with Crippen molar-refractivity contribution in [1.29, 1.82) is 0 Å². The molecule has 0 aliphatic carbocycles. The number of benzene rings is 1. The molecule has 0 saturated carbocycles. The third-order valence-electron chi connectivity index (χ3n) is 2.32. The van der Waals surface area contributed by atoms with Crippen LogP contribution >= 0.6 is 27.5 Å². The van der Waals surface area contributed by atoms with Crippen LogP contribution in [0, 0.1) is 5.92 Å². The van der Waals surface area contributed by atoms with Crippen LogP contribution in [0.1, 0.15) is 32.8 Å². The van der Waals surface area contributed by atoms with Crippen LogP contribution in [0.5, 0.6) is 0 Å². The van der Waals surface area contributed by atoms with Crippen LogP contribution in [-0.4, -0.2) is 5.11 Å². The summed E-state index contributed by atoms with van der Waals surface area (Å²) in [4.78, 5) is 0. The minimum Gasteiger partial charge on any atom is -0.385 e. The molecule has 1 aromatic rings. The lowest BCUT2D eigenvalue weighted by Crippen LogP contribution is -2.23. The lowest BCUT2D eigenvalue weighted by atomic mass is 9.87. The van der Waals surface area contributed by atoms with E-state index in [4.69, 9.17) is 11.6 Å². The molecule has 1 aromatic carbocycles. The van der Waals surface area contributed by atoms with Crippen molar-refractivity contribution in [2.45, 2.75) is 32.8 Å². The second-order valence-corrected chi connectivity index (χ2v) is 5.82. The standard InChI is InChI=1S/C12H16BrClO/c1-8(2)7-12(3,15)10-5-4-9(13)6-11(10)14/h4-6,8,15H,7H2,1-3H3. The summed E-state index contributed by atoms with van der Waals surface area (Å²) in [5.74, 6) is 0.430. The van der Waals surface area contributed by atoms with Gasteiger partial charge in [0.1, 0.15) is 0 Å². The molecule has 3 heteroatoms. The number of hydrogen-bond acceptors (Lipinski definition) is 1. The Morgan fingerprint density at radius 1 is 1.47 bits per heavy atom. The average molecular weight is 292 g/mol. The van der Waals surface area contributed by atoms with Crippen molar-refractivity contribution in [2.75, 3.05) is 0 Å². The normalized spacial score (nSPS) is 15.4. The predicted octanol–water partition coefficient (Wildman–Crippen LogP) is 4.36. The molecule has 15 heavy (non-hydrogen) atoms. The van der Waals surface area contributed by atoms with Crippen molar-refractivity contribution >= 4 is 27.5 Å². The summed E-state index contributed by atoms with van der Waals surface area (Å²) >= 11 is 9.46. The molecule has 0 aliphatic rings. The van der Waals surface area contributed by atoms with E-state index in [1.54, 1.807) is 0 Å². The summed E-state index contributed by atoms with van der Waals surface area (Å²) in [6.07, 6.45) is 0.703. The van der Waals surface area contributed by atoms with Gasteiger partial charge in [-0.15, -0.1) is 0 Å². The quantitative estimate of drug-likeness (QED) is 0.877. The Hall–Kier alpha value is -0.0500. The van der Waals surface area contributed by atoms with E-state index < -0.39 is 5.60 Å². The predicted molar refractivity (Wildman–Crippen MR) is 68.2 cm³/mol. The number of halogens is 2. The number of rotatable bonds is 3. The van der Waals surface area contributed by atoms with Crippen molar-refractivity contribution in [2.24, 2.45) is 5.92 Å². The molecule has 1 N–H and O–H groups in total. The van der Waals surface area contributed by atoms with E-state index in [0.29, 0.717) is 17.4 Å². The van der Waals surface area contributed by atoms with Crippen LogP contribution < -0.4 is 0 Å². The van der Waals surface area contributed by atoms with E-state index in [-0.39, 0.29) is 0 Å². The van der Waals surface area contributed by atoms with E-state index in [0.717, 1.165) is 10.0 Å². The lowest BCUT2D eigenvalue weighted by molar-refractivity contribution is 0.0350. The zero-order chi connectivity index (χ0) is 11.6. The Morgan fingerprint density at radius 3 is 2.53 bits per heavy atom. The molecular formula is C12H16BrClO. The fraction of sp³-hybridized carbons (Fsp3) is 0.500. The van der Waals surface area contributed by atoms with Crippen LogP contribution in [0.4, 0.5) is 0 Å². The van der Waals surface area contributed by atoms with E-state index in [2.05, 4.69) is 29.8 Å². The van der Waals surface area contributed by atoms with Gasteiger partial charge in [0.25, 0.3) is 0 Å². The van der Waals surface area contributed by atoms with Gasteiger partial charge in [0.05, 0.1) is 5.60 Å². The van der Waals surface area contributed by atoms with E-state index in [9.17, 15) is 5.11 Å². The first kappa shape index (κ1) is 13.0. The average Bonchev–Trinajstić information content (AvgIpc) is 1.99. The maximum Gasteiger partial charge on any atom is 0.0885 e. The van der Waals surface area contributed by atoms with Crippen molar-refractivity contribution in [1.82, 2.24) is 0 Å². The van der Waals surface area contributed by atoms with Crippen molar-refractivity contribution in [3.8, 4) is 0 Å². The van der Waals surface area contributed by atoms with Crippen molar-refractivity contribution in [3.63, 3.8) is 0 Å². The molecule has 0 fully saturated rings. The van der Waals surface area contributed by atoms with Gasteiger partial charge in [-0.05, 0) is 31.4 Å². The molecule has 1 rings (SSSR count). The van der Waals surface area contributed by atoms with Crippen LogP contribution in [0.2, 0.25) is 5.02 Å². The van der Waals surface area contributed by atoms with Gasteiger partial charge in [0.15, 0.2) is 0 Å². The summed E-state index contributed by atoms with van der Waals surface area (Å²) in [5, 5.41) is 10.9. The molecular weight excluding hydrogens is 275 g/mol. The Bertz CT molecular complexity index is 347. The summed E-state index contributed by atoms with van der Waals surface area (Å²) in [6.45, 7) is 5.98. The second-order valence-electron chi connectivity index (χ2n) is 4.50. The molecule has 1 atom stereocenters. The highest BCUT2D eigenvalue weighted by Crippen LogP contribution is 2.34. The topological polar surface area (TPSA) is 20.2 Å². The van der Waals surface area contributed by atoms with Crippen LogP contribution in [-0.2, 0) is 5.60 Å². The molecule has 1 nitrogen and oxygen atoms in total. The van der Waals surface area contributed by atoms with Crippen LogP contribution in [0.3, 0.4) is 0 Å². The lowest BCUT2D eigenvalue weighted by Gasteiger charge is -2.26. The molecule has 0 spiro atoms. The third-order valence-corrected chi connectivity index (χ3v) is 3.12. The Kier molecular flexibility index (Phi) is 4.21. The number of aliphatic hydroxyl groups is 1. The highest BCUT2D eigenvalue weighted by Gasteiger charge is 2.26.